The van der Waals surface area contributed by atoms with Gasteiger partial charge in [0.1, 0.15) is 16.0 Å². The number of carbonyl (C=O) groups excluding carboxylic acids is 1. The van der Waals surface area contributed by atoms with Crippen LogP contribution < -0.4 is 5.32 Å². The number of carbonyl (C=O) groups is 1. The van der Waals surface area contributed by atoms with E-state index in [1.807, 2.05) is 12.1 Å². The van der Waals surface area contributed by atoms with Crippen LogP contribution in [0.3, 0.4) is 0 Å². The lowest BCUT2D eigenvalue weighted by Gasteiger charge is -2.03. The highest BCUT2D eigenvalue weighted by Crippen LogP contribution is 2.30. The lowest BCUT2D eigenvalue weighted by molar-refractivity contribution is 0.102. The maximum Gasteiger partial charge on any atom is 0.270 e. The Kier molecular flexibility index (Phi) is 4.71. The molecular formula is C17H16ClN5O2S. The number of hydrogen-bond acceptors (Lipinski definition) is 6. The average Bonchev–Trinajstić information content (AvgIpc) is 3.35. The van der Waals surface area contributed by atoms with E-state index in [2.05, 4.69) is 25.5 Å². The first-order valence-electron chi connectivity index (χ1n) is 8.19. The molecule has 1 aromatic carbocycles. The number of benzene rings is 1. The van der Waals surface area contributed by atoms with Crippen LogP contribution in [0.4, 0.5) is 5.95 Å². The number of thiazole rings is 1. The van der Waals surface area contributed by atoms with Crippen LogP contribution in [0.1, 0.15) is 40.1 Å². The molecule has 0 saturated carbocycles. The molecule has 1 aliphatic heterocycles. The molecule has 0 spiro atoms. The molecule has 9 heteroatoms. The zero-order valence-electron chi connectivity index (χ0n) is 14.0. The Labute approximate surface area is 158 Å². The molecule has 3 heterocycles. The first-order chi connectivity index (χ1) is 12.6. The predicted molar refractivity (Wildman–Crippen MR) is 99.6 cm³/mol. The molecule has 1 amide bonds. The third-order valence-electron chi connectivity index (χ3n) is 4.06. The van der Waals surface area contributed by atoms with Crippen molar-refractivity contribution in [2.45, 2.75) is 25.9 Å². The first kappa shape index (κ1) is 17.1. The van der Waals surface area contributed by atoms with E-state index in [9.17, 15) is 4.79 Å². The number of rotatable bonds is 4. The van der Waals surface area contributed by atoms with Gasteiger partial charge in [-0.2, -0.15) is 4.98 Å². The number of aromatic nitrogens is 4. The standard InChI is InChI=1S/C17H16ClN5O2S/c1-9-13(26-16(19-9)10-4-6-11(18)7-5-10)15(24)21-17-20-14(22-23-17)12-3-2-8-25-12/h4-7,12H,2-3,8H2,1H3,(H2,20,21,22,23,24)/t12-/m0/s1. The van der Waals surface area contributed by atoms with Crippen molar-refractivity contribution in [2.75, 3.05) is 11.9 Å². The Balaban J connectivity index is 1.50. The second-order valence-corrected chi connectivity index (χ2v) is 7.38. The highest BCUT2D eigenvalue weighted by atomic mass is 35.5. The van der Waals surface area contributed by atoms with Crippen molar-refractivity contribution in [3.8, 4) is 10.6 Å². The lowest BCUT2D eigenvalue weighted by Crippen LogP contribution is -2.12. The third kappa shape index (κ3) is 3.48. The smallest absolute Gasteiger partial charge is 0.270 e. The zero-order valence-corrected chi connectivity index (χ0v) is 15.5. The number of nitrogens with one attached hydrogen (secondary N) is 2. The summed E-state index contributed by atoms with van der Waals surface area (Å²) >= 11 is 7.24. The van der Waals surface area contributed by atoms with E-state index in [0.717, 1.165) is 30.0 Å². The van der Waals surface area contributed by atoms with Crippen LogP contribution in [0, 0.1) is 6.92 Å². The number of hydrogen-bond donors (Lipinski definition) is 2. The molecule has 134 valence electrons. The third-order valence-corrected chi connectivity index (χ3v) is 5.51. The van der Waals surface area contributed by atoms with Crippen LogP contribution >= 0.6 is 22.9 Å². The summed E-state index contributed by atoms with van der Waals surface area (Å²) in [7, 11) is 0. The van der Waals surface area contributed by atoms with Gasteiger partial charge in [-0.15, -0.1) is 16.4 Å². The molecule has 4 rings (SSSR count). The fourth-order valence-electron chi connectivity index (χ4n) is 2.75. The van der Waals surface area contributed by atoms with Gasteiger partial charge in [0.05, 0.1) is 5.69 Å². The Hall–Kier alpha value is -2.29. The van der Waals surface area contributed by atoms with Gasteiger partial charge in [-0.25, -0.2) is 4.98 Å². The van der Waals surface area contributed by atoms with Crippen molar-refractivity contribution >= 4 is 34.8 Å². The summed E-state index contributed by atoms with van der Waals surface area (Å²) in [5.74, 6) is 0.597. The summed E-state index contributed by atoms with van der Waals surface area (Å²) in [4.78, 5) is 21.9. The lowest BCUT2D eigenvalue weighted by atomic mass is 10.2. The van der Waals surface area contributed by atoms with Gasteiger partial charge in [0.15, 0.2) is 5.82 Å². The highest BCUT2D eigenvalue weighted by molar-refractivity contribution is 7.17. The van der Waals surface area contributed by atoms with Crippen molar-refractivity contribution in [3.63, 3.8) is 0 Å². The SMILES string of the molecule is Cc1nc(-c2ccc(Cl)cc2)sc1C(=O)Nc1n[nH]c([C@@H]2CCCO2)n1. The van der Waals surface area contributed by atoms with E-state index < -0.39 is 0 Å². The Morgan fingerprint density at radius 2 is 2.15 bits per heavy atom. The highest BCUT2D eigenvalue weighted by Gasteiger charge is 2.23. The molecule has 0 unspecified atom stereocenters. The fourth-order valence-corrected chi connectivity index (χ4v) is 3.84. The van der Waals surface area contributed by atoms with Gasteiger partial charge >= 0.3 is 0 Å². The van der Waals surface area contributed by atoms with Crippen LogP contribution in [0.25, 0.3) is 10.6 Å². The fraction of sp³-hybridized carbons (Fsp3) is 0.294. The van der Waals surface area contributed by atoms with Crippen molar-refractivity contribution in [3.05, 3.63) is 45.7 Å². The summed E-state index contributed by atoms with van der Waals surface area (Å²) in [6.07, 6.45) is 1.83. The summed E-state index contributed by atoms with van der Waals surface area (Å²) < 4.78 is 5.56. The van der Waals surface area contributed by atoms with Crippen molar-refractivity contribution in [1.82, 2.24) is 20.2 Å². The summed E-state index contributed by atoms with van der Waals surface area (Å²) in [6, 6.07) is 7.36. The summed E-state index contributed by atoms with van der Waals surface area (Å²) in [5.41, 5.74) is 1.58. The minimum atomic E-state index is -0.280. The second kappa shape index (κ2) is 7.14. The molecule has 7 nitrogen and oxygen atoms in total. The maximum atomic E-state index is 12.6. The molecule has 2 aromatic heterocycles. The number of anilines is 1. The zero-order chi connectivity index (χ0) is 18.1. The van der Waals surface area contributed by atoms with Crippen LogP contribution in [-0.4, -0.2) is 32.7 Å². The van der Waals surface area contributed by atoms with Crippen LogP contribution in [0.2, 0.25) is 5.02 Å². The van der Waals surface area contributed by atoms with Crippen molar-refractivity contribution in [1.29, 1.82) is 0 Å². The number of nitrogens with zero attached hydrogens (tertiary/aromatic N) is 3. The minimum absolute atomic E-state index is 0.0743. The Morgan fingerprint density at radius 3 is 2.88 bits per heavy atom. The number of aryl methyl sites for hydroxylation is 1. The van der Waals surface area contributed by atoms with Crippen LogP contribution in [0.15, 0.2) is 24.3 Å². The van der Waals surface area contributed by atoms with E-state index in [-0.39, 0.29) is 18.0 Å². The number of H-pyrrole nitrogens is 1. The molecular weight excluding hydrogens is 374 g/mol. The van der Waals surface area contributed by atoms with Gasteiger partial charge in [0.2, 0.25) is 5.95 Å². The maximum absolute atomic E-state index is 12.6. The molecule has 2 N–H and O–H groups in total. The van der Waals surface area contributed by atoms with Crippen LogP contribution in [-0.2, 0) is 4.74 Å². The molecule has 1 aliphatic rings. The Bertz CT molecular complexity index is 931. The number of halogens is 1. The van der Waals surface area contributed by atoms with Crippen molar-refractivity contribution < 1.29 is 9.53 Å². The van der Waals surface area contributed by atoms with Gasteiger partial charge < -0.3 is 4.74 Å². The van der Waals surface area contributed by atoms with E-state index in [1.54, 1.807) is 19.1 Å². The molecule has 0 aliphatic carbocycles. The average molecular weight is 390 g/mol. The van der Waals surface area contributed by atoms with Gasteiger partial charge in [-0.05, 0) is 31.9 Å². The largest absolute Gasteiger partial charge is 0.370 e. The number of ether oxygens (including phenoxy) is 1. The molecule has 0 bridgehead atoms. The van der Waals surface area contributed by atoms with Gasteiger partial charge in [0, 0.05) is 17.2 Å². The van der Waals surface area contributed by atoms with E-state index >= 15 is 0 Å². The number of aromatic amines is 1. The molecule has 1 fully saturated rings. The first-order valence-corrected chi connectivity index (χ1v) is 9.38. The normalized spacial score (nSPS) is 16.8. The molecule has 3 aromatic rings. The van der Waals surface area contributed by atoms with Gasteiger partial charge in [-0.1, -0.05) is 23.7 Å². The van der Waals surface area contributed by atoms with Gasteiger partial charge in [-0.3, -0.25) is 15.2 Å². The quantitative estimate of drug-likeness (QED) is 0.703. The predicted octanol–water partition coefficient (Wildman–Crippen LogP) is 3.99. The summed E-state index contributed by atoms with van der Waals surface area (Å²) in [6.45, 7) is 2.53. The minimum Gasteiger partial charge on any atom is -0.370 e. The summed E-state index contributed by atoms with van der Waals surface area (Å²) in [5, 5.41) is 11.0. The monoisotopic (exact) mass is 389 g/mol. The number of amides is 1. The van der Waals surface area contributed by atoms with Gasteiger partial charge in [0.25, 0.3) is 5.91 Å². The van der Waals surface area contributed by atoms with Crippen LogP contribution in [0.5, 0.6) is 0 Å². The van der Waals surface area contributed by atoms with Crippen molar-refractivity contribution in [2.24, 2.45) is 0 Å². The van der Waals surface area contributed by atoms with E-state index in [1.165, 1.54) is 11.3 Å². The molecule has 1 saturated heterocycles. The second-order valence-electron chi connectivity index (χ2n) is 5.94. The Morgan fingerprint density at radius 1 is 1.35 bits per heavy atom. The van der Waals surface area contributed by atoms with E-state index in [4.69, 9.17) is 16.3 Å². The molecule has 1 atom stereocenters. The van der Waals surface area contributed by atoms with E-state index in [0.29, 0.717) is 21.4 Å². The topological polar surface area (TPSA) is 92.8 Å². The molecule has 26 heavy (non-hydrogen) atoms. The molecule has 0 radical (unpaired) electrons.